The van der Waals surface area contributed by atoms with Crippen LogP contribution in [0.5, 0.6) is 0 Å². The van der Waals surface area contributed by atoms with Crippen molar-refractivity contribution in [3.63, 3.8) is 0 Å². The van der Waals surface area contributed by atoms with Crippen LogP contribution in [0.3, 0.4) is 0 Å². The molecule has 1 saturated carbocycles. The van der Waals surface area contributed by atoms with Crippen molar-refractivity contribution in [3.8, 4) is 0 Å². The van der Waals surface area contributed by atoms with Gasteiger partial charge in [-0.1, -0.05) is 0 Å². The molecule has 3 N–H and O–H groups in total. The first kappa shape index (κ1) is 13.0. The van der Waals surface area contributed by atoms with Gasteiger partial charge in [-0.2, -0.15) is 0 Å². The second-order valence-electron chi connectivity index (χ2n) is 4.22. The molecule has 0 aliphatic heterocycles. The van der Waals surface area contributed by atoms with Gasteiger partial charge in [-0.3, -0.25) is 9.59 Å². The minimum atomic E-state index is -0.692. The Labute approximate surface area is 95.6 Å². The molecule has 1 aliphatic rings. The van der Waals surface area contributed by atoms with Crippen LogP contribution < -0.4 is 10.6 Å². The van der Waals surface area contributed by atoms with Crippen molar-refractivity contribution in [3.05, 3.63) is 0 Å². The van der Waals surface area contributed by atoms with E-state index in [9.17, 15) is 9.59 Å². The molecule has 0 aromatic heterocycles. The summed E-state index contributed by atoms with van der Waals surface area (Å²) < 4.78 is 0. The minimum Gasteiger partial charge on any atom is -0.481 e. The number of carboxylic acid groups (broad SMARTS) is 1. The molecular weight excluding hydrogens is 208 g/mol. The molecule has 0 aromatic rings. The van der Waals surface area contributed by atoms with Crippen LogP contribution in [-0.4, -0.2) is 36.1 Å². The van der Waals surface area contributed by atoms with E-state index in [1.54, 1.807) is 0 Å². The van der Waals surface area contributed by atoms with Gasteiger partial charge in [0.25, 0.3) is 0 Å². The molecule has 1 fully saturated rings. The Hall–Kier alpha value is -1.10. The third-order valence-electron chi connectivity index (χ3n) is 3.00. The normalized spacial score (nSPS) is 25.1. The van der Waals surface area contributed by atoms with Gasteiger partial charge in [-0.05, 0) is 32.6 Å². The van der Waals surface area contributed by atoms with Gasteiger partial charge in [0.15, 0.2) is 0 Å². The fraction of sp³-hybridized carbons (Fsp3) is 0.818. The van der Waals surface area contributed by atoms with E-state index in [2.05, 4.69) is 10.6 Å². The van der Waals surface area contributed by atoms with Crippen molar-refractivity contribution in [2.24, 2.45) is 5.92 Å². The first-order valence-electron chi connectivity index (χ1n) is 5.86. The van der Waals surface area contributed by atoms with E-state index < -0.39 is 5.97 Å². The fourth-order valence-electron chi connectivity index (χ4n) is 2.04. The number of aliphatic carboxylic acids is 1. The molecule has 0 saturated heterocycles. The third kappa shape index (κ3) is 4.18. The summed E-state index contributed by atoms with van der Waals surface area (Å²) in [6.45, 7) is 2.86. The molecule has 5 nitrogen and oxygen atoms in total. The molecule has 0 heterocycles. The maximum absolute atomic E-state index is 11.2. The molecule has 0 atom stereocenters. The Morgan fingerprint density at radius 3 is 2.38 bits per heavy atom. The van der Waals surface area contributed by atoms with Gasteiger partial charge in [0.1, 0.15) is 0 Å². The van der Waals surface area contributed by atoms with E-state index in [1.807, 2.05) is 6.92 Å². The summed E-state index contributed by atoms with van der Waals surface area (Å²) in [6, 6.07) is 0.290. The molecule has 1 aliphatic carbocycles. The van der Waals surface area contributed by atoms with E-state index >= 15 is 0 Å². The van der Waals surface area contributed by atoms with Crippen molar-refractivity contribution >= 4 is 11.9 Å². The highest BCUT2D eigenvalue weighted by Gasteiger charge is 2.25. The fourth-order valence-corrected chi connectivity index (χ4v) is 2.04. The number of rotatable bonds is 5. The van der Waals surface area contributed by atoms with Crippen LogP contribution in [0.15, 0.2) is 0 Å². The zero-order valence-corrected chi connectivity index (χ0v) is 9.66. The van der Waals surface area contributed by atoms with Gasteiger partial charge in [0, 0.05) is 12.6 Å². The SMILES string of the molecule is CCNC(=O)CNC1CCC(C(=O)O)CC1. The minimum absolute atomic E-state index is 0.00265. The molecule has 0 spiro atoms. The lowest BCUT2D eigenvalue weighted by Gasteiger charge is -2.26. The van der Waals surface area contributed by atoms with Crippen molar-refractivity contribution in [2.45, 2.75) is 38.6 Å². The van der Waals surface area contributed by atoms with Crippen LogP contribution in [0, 0.1) is 5.92 Å². The second kappa shape index (κ2) is 6.48. The standard InChI is InChI=1S/C11H20N2O3/c1-2-12-10(14)7-13-9-5-3-8(4-6-9)11(15)16/h8-9,13H,2-7H2,1H3,(H,12,14)(H,15,16). The summed E-state index contributed by atoms with van der Waals surface area (Å²) in [6.07, 6.45) is 3.11. The quantitative estimate of drug-likeness (QED) is 0.634. The number of hydrogen-bond acceptors (Lipinski definition) is 3. The van der Waals surface area contributed by atoms with Crippen molar-refractivity contribution in [1.29, 1.82) is 0 Å². The number of hydrogen-bond donors (Lipinski definition) is 3. The average molecular weight is 228 g/mol. The predicted octanol–water partition coefficient (Wildman–Crippen LogP) is 0.355. The molecule has 0 bridgehead atoms. The first-order chi connectivity index (χ1) is 7.63. The zero-order chi connectivity index (χ0) is 12.0. The lowest BCUT2D eigenvalue weighted by Crippen LogP contribution is -2.41. The van der Waals surface area contributed by atoms with E-state index in [4.69, 9.17) is 5.11 Å². The maximum Gasteiger partial charge on any atom is 0.306 e. The zero-order valence-electron chi connectivity index (χ0n) is 9.66. The summed E-state index contributed by atoms with van der Waals surface area (Å²) in [7, 11) is 0. The first-order valence-corrected chi connectivity index (χ1v) is 5.86. The second-order valence-corrected chi connectivity index (χ2v) is 4.22. The third-order valence-corrected chi connectivity index (χ3v) is 3.00. The molecule has 92 valence electrons. The number of carboxylic acids is 1. The smallest absolute Gasteiger partial charge is 0.306 e. The van der Waals surface area contributed by atoms with Crippen molar-refractivity contribution < 1.29 is 14.7 Å². The highest BCUT2D eigenvalue weighted by atomic mass is 16.4. The molecule has 1 rings (SSSR count). The van der Waals surface area contributed by atoms with Gasteiger partial charge in [0.2, 0.25) is 5.91 Å². The summed E-state index contributed by atoms with van der Waals surface area (Å²) in [4.78, 5) is 21.9. The predicted molar refractivity (Wildman–Crippen MR) is 60.1 cm³/mol. The van der Waals surface area contributed by atoms with E-state index in [1.165, 1.54) is 0 Å². The topological polar surface area (TPSA) is 78.4 Å². The van der Waals surface area contributed by atoms with Crippen molar-refractivity contribution in [1.82, 2.24) is 10.6 Å². The van der Waals surface area contributed by atoms with Gasteiger partial charge in [0.05, 0.1) is 12.5 Å². The van der Waals surface area contributed by atoms with Crippen LogP contribution in [-0.2, 0) is 9.59 Å². The van der Waals surface area contributed by atoms with Crippen LogP contribution in [0.1, 0.15) is 32.6 Å². The maximum atomic E-state index is 11.2. The number of amides is 1. The summed E-state index contributed by atoms with van der Waals surface area (Å²) in [5, 5.41) is 14.7. The highest BCUT2D eigenvalue weighted by molar-refractivity contribution is 5.77. The largest absolute Gasteiger partial charge is 0.481 e. The summed E-state index contributed by atoms with van der Waals surface area (Å²) in [5.41, 5.74) is 0. The number of likely N-dealkylation sites (N-methyl/N-ethyl adjacent to an activating group) is 1. The molecule has 5 heteroatoms. The Morgan fingerprint density at radius 1 is 1.25 bits per heavy atom. The lowest BCUT2D eigenvalue weighted by molar-refractivity contribution is -0.143. The van der Waals surface area contributed by atoms with Crippen LogP contribution in [0.4, 0.5) is 0 Å². The summed E-state index contributed by atoms with van der Waals surface area (Å²) in [5.74, 6) is -0.882. The molecular formula is C11H20N2O3. The van der Waals surface area contributed by atoms with Crippen molar-refractivity contribution in [2.75, 3.05) is 13.1 Å². The monoisotopic (exact) mass is 228 g/mol. The number of carbonyl (C=O) groups excluding carboxylic acids is 1. The van der Waals surface area contributed by atoms with Crippen LogP contribution in [0.25, 0.3) is 0 Å². The highest BCUT2D eigenvalue weighted by Crippen LogP contribution is 2.24. The lowest BCUT2D eigenvalue weighted by atomic mass is 9.86. The molecule has 0 aromatic carbocycles. The molecule has 0 radical (unpaired) electrons. The molecule has 0 unspecified atom stereocenters. The van der Waals surface area contributed by atoms with Gasteiger partial charge in [-0.15, -0.1) is 0 Å². The van der Waals surface area contributed by atoms with E-state index in [0.29, 0.717) is 32.0 Å². The van der Waals surface area contributed by atoms with Crippen LogP contribution in [0.2, 0.25) is 0 Å². The Bertz CT molecular complexity index is 248. The molecule has 1 amide bonds. The number of nitrogens with one attached hydrogen (secondary N) is 2. The molecule has 16 heavy (non-hydrogen) atoms. The summed E-state index contributed by atoms with van der Waals surface area (Å²) >= 11 is 0. The Balaban J connectivity index is 2.17. The van der Waals surface area contributed by atoms with Gasteiger partial charge in [-0.25, -0.2) is 0 Å². The Morgan fingerprint density at radius 2 is 1.88 bits per heavy atom. The average Bonchev–Trinajstić information content (AvgIpc) is 2.27. The van der Waals surface area contributed by atoms with Crippen LogP contribution >= 0.6 is 0 Å². The Kier molecular flexibility index (Phi) is 5.25. The van der Waals surface area contributed by atoms with Gasteiger partial charge < -0.3 is 15.7 Å². The van der Waals surface area contributed by atoms with Gasteiger partial charge >= 0.3 is 5.97 Å². The van der Waals surface area contributed by atoms with E-state index in [-0.39, 0.29) is 11.8 Å². The van der Waals surface area contributed by atoms with E-state index in [0.717, 1.165) is 12.8 Å². The number of carbonyl (C=O) groups is 2.